The molecule has 0 aliphatic carbocycles. The van der Waals surface area contributed by atoms with Crippen molar-refractivity contribution in [2.24, 2.45) is 0 Å². The number of unbranched alkanes of at least 4 members (excludes halogenated alkanes) is 32. The van der Waals surface area contributed by atoms with Gasteiger partial charge in [0.1, 0.15) is 6.61 Å². The van der Waals surface area contributed by atoms with E-state index in [0.29, 0.717) is 19.4 Å². The van der Waals surface area contributed by atoms with Gasteiger partial charge >= 0.3 is 11.9 Å². The Morgan fingerprint density at radius 2 is 0.625 bits per heavy atom. The maximum Gasteiger partial charge on any atom is 0.306 e. The van der Waals surface area contributed by atoms with Crippen LogP contribution in [0.3, 0.4) is 0 Å². The third-order valence-corrected chi connectivity index (χ3v) is 13.4. The Bertz CT molecular complexity index is 1320. The van der Waals surface area contributed by atoms with Crippen molar-refractivity contribution in [1.82, 2.24) is 0 Å². The number of hydrogen-bond acceptors (Lipinski definition) is 5. The molecule has 0 aromatic rings. The largest absolute Gasteiger partial charge is 0.462 e. The zero-order valence-corrected chi connectivity index (χ0v) is 47.9. The van der Waals surface area contributed by atoms with Gasteiger partial charge in [-0.1, -0.05) is 279 Å². The van der Waals surface area contributed by atoms with E-state index in [2.05, 4.69) is 106 Å². The van der Waals surface area contributed by atoms with Crippen molar-refractivity contribution in [3.8, 4) is 0 Å². The highest BCUT2D eigenvalue weighted by molar-refractivity contribution is 5.70. The van der Waals surface area contributed by atoms with Crippen LogP contribution in [0.2, 0.25) is 0 Å². The van der Waals surface area contributed by atoms with E-state index in [0.717, 1.165) is 103 Å². The van der Waals surface area contributed by atoms with Gasteiger partial charge in [0.15, 0.2) is 6.10 Å². The summed E-state index contributed by atoms with van der Waals surface area (Å²) in [5.41, 5.74) is 0. The Labute approximate surface area is 448 Å². The summed E-state index contributed by atoms with van der Waals surface area (Å²) in [6.45, 7) is 7.70. The van der Waals surface area contributed by atoms with Crippen molar-refractivity contribution in [2.75, 3.05) is 19.8 Å². The van der Waals surface area contributed by atoms with Gasteiger partial charge in [-0.05, 0) is 96.3 Å². The van der Waals surface area contributed by atoms with Crippen LogP contribution in [-0.4, -0.2) is 37.9 Å². The summed E-state index contributed by atoms with van der Waals surface area (Å²) in [4.78, 5) is 25.6. The van der Waals surface area contributed by atoms with Crippen LogP contribution in [0.5, 0.6) is 0 Å². The second-order valence-corrected chi connectivity index (χ2v) is 20.6. The molecular formula is C67H118O5. The second kappa shape index (κ2) is 62.4. The fraction of sp³-hybridized carbons (Fsp3) is 0.761. The van der Waals surface area contributed by atoms with E-state index in [1.54, 1.807) is 0 Å². The average Bonchev–Trinajstić information content (AvgIpc) is 3.38. The van der Waals surface area contributed by atoms with Crippen LogP contribution in [0.1, 0.15) is 303 Å². The molecule has 0 saturated heterocycles. The van der Waals surface area contributed by atoms with E-state index in [4.69, 9.17) is 14.2 Å². The first-order valence-corrected chi connectivity index (χ1v) is 31.1. The number of carbonyl (C=O) groups excluding carboxylic acids is 2. The average molecular weight is 1000 g/mol. The molecule has 5 heteroatoms. The maximum atomic E-state index is 12.9. The van der Waals surface area contributed by atoms with E-state index in [1.807, 2.05) is 0 Å². The first-order chi connectivity index (χ1) is 35.6. The smallest absolute Gasteiger partial charge is 0.306 e. The number of hydrogen-bond donors (Lipinski definition) is 0. The third-order valence-electron chi connectivity index (χ3n) is 13.4. The molecule has 72 heavy (non-hydrogen) atoms. The van der Waals surface area contributed by atoms with Crippen molar-refractivity contribution in [3.05, 3.63) is 85.1 Å². The van der Waals surface area contributed by atoms with Gasteiger partial charge in [-0.2, -0.15) is 0 Å². The van der Waals surface area contributed by atoms with E-state index in [1.165, 1.54) is 167 Å². The van der Waals surface area contributed by atoms with Gasteiger partial charge in [0.2, 0.25) is 0 Å². The molecule has 1 atom stereocenters. The van der Waals surface area contributed by atoms with Gasteiger partial charge in [-0.3, -0.25) is 9.59 Å². The van der Waals surface area contributed by atoms with Gasteiger partial charge in [0.05, 0.1) is 6.61 Å². The lowest BCUT2D eigenvalue weighted by Gasteiger charge is -2.18. The topological polar surface area (TPSA) is 61.8 Å². The van der Waals surface area contributed by atoms with Gasteiger partial charge in [-0.25, -0.2) is 0 Å². The summed E-state index contributed by atoms with van der Waals surface area (Å²) < 4.78 is 17.5. The molecule has 0 N–H and O–H groups in total. The summed E-state index contributed by atoms with van der Waals surface area (Å²) >= 11 is 0. The fourth-order valence-corrected chi connectivity index (χ4v) is 8.80. The predicted octanol–water partition coefficient (Wildman–Crippen LogP) is 21.6. The molecule has 5 nitrogen and oxygen atoms in total. The van der Waals surface area contributed by atoms with Crippen LogP contribution in [0.25, 0.3) is 0 Å². The summed E-state index contributed by atoms with van der Waals surface area (Å²) in [5.74, 6) is -0.417. The van der Waals surface area contributed by atoms with Crippen molar-refractivity contribution in [1.29, 1.82) is 0 Å². The molecule has 0 saturated carbocycles. The first-order valence-electron chi connectivity index (χ1n) is 31.1. The molecule has 0 aromatic carbocycles. The summed E-state index contributed by atoms with van der Waals surface area (Å²) in [5, 5.41) is 0. The Balaban J connectivity index is 4.32. The van der Waals surface area contributed by atoms with Crippen LogP contribution in [0, 0.1) is 0 Å². The fourth-order valence-electron chi connectivity index (χ4n) is 8.80. The van der Waals surface area contributed by atoms with Crippen molar-refractivity contribution < 1.29 is 23.8 Å². The molecule has 0 aliphatic heterocycles. The Morgan fingerprint density at radius 1 is 0.319 bits per heavy atom. The summed E-state index contributed by atoms with van der Waals surface area (Å²) in [6.07, 6.45) is 83.2. The minimum atomic E-state index is -0.553. The lowest BCUT2D eigenvalue weighted by Crippen LogP contribution is -2.30. The van der Waals surface area contributed by atoms with E-state index >= 15 is 0 Å². The van der Waals surface area contributed by atoms with Crippen LogP contribution < -0.4 is 0 Å². The normalized spacial score (nSPS) is 12.8. The van der Waals surface area contributed by atoms with E-state index < -0.39 is 6.10 Å². The lowest BCUT2D eigenvalue weighted by molar-refractivity contribution is -0.163. The minimum absolute atomic E-state index is 0.0717. The monoisotopic (exact) mass is 1000 g/mol. The quantitative estimate of drug-likeness (QED) is 0.0345. The second-order valence-electron chi connectivity index (χ2n) is 20.6. The van der Waals surface area contributed by atoms with E-state index in [-0.39, 0.29) is 25.2 Å². The molecule has 0 rings (SSSR count). The van der Waals surface area contributed by atoms with E-state index in [9.17, 15) is 9.59 Å². The van der Waals surface area contributed by atoms with Crippen LogP contribution in [-0.2, 0) is 23.8 Å². The zero-order valence-electron chi connectivity index (χ0n) is 47.9. The van der Waals surface area contributed by atoms with Gasteiger partial charge in [0, 0.05) is 19.4 Å². The molecule has 0 heterocycles. The molecule has 0 radical (unpaired) electrons. The van der Waals surface area contributed by atoms with Crippen molar-refractivity contribution >= 4 is 11.9 Å². The van der Waals surface area contributed by atoms with Crippen LogP contribution in [0.15, 0.2) is 85.1 Å². The lowest BCUT2D eigenvalue weighted by atomic mass is 10.0. The Morgan fingerprint density at radius 3 is 1.03 bits per heavy atom. The van der Waals surface area contributed by atoms with Crippen molar-refractivity contribution in [3.63, 3.8) is 0 Å². The Kier molecular flexibility index (Phi) is 59.8. The molecule has 0 spiro atoms. The molecule has 0 fully saturated rings. The highest BCUT2D eigenvalue weighted by Crippen LogP contribution is 2.16. The SMILES string of the molecule is CC/C=C\C/C=C\C/C=C\C/C=C\CCCCCCCCC(=O)OCC(COCCCCCCCCCCCCCCCCCCCC)OC(=O)CCCCCCCC/C=C\C/C=C\C/C=C\CCCCC. The minimum Gasteiger partial charge on any atom is -0.462 e. The molecule has 0 amide bonds. The molecule has 416 valence electrons. The molecule has 1 unspecified atom stereocenters. The molecule has 0 aliphatic rings. The standard InChI is InChI=1S/C67H118O5/c1-4-7-10-13-16-19-22-25-28-31-34-36-39-42-45-48-51-54-57-60-66(68)71-64-65(63-70-62-59-56-53-50-47-44-41-38-33-30-27-24-21-18-15-12-9-6-3)72-67(69)61-58-55-52-49-46-43-40-37-35-32-29-26-23-20-17-14-11-8-5-2/h7,10,16-17,19-20,25-26,28-29,34-37,65H,4-6,8-9,11-15,18,21-24,27,30-33,38-64H2,1-3H3/b10-7-,19-16-,20-17-,28-25-,29-26-,36-34-,37-35-. The summed E-state index contributed by atoms with van der Waals surface area (Å²) in [6, 6.07) is 0. The van der Waals surface area contributed by atoms with Gasteiger partial charge < -0.3 is 14.2 Å². The number of carbonyl (C=O) groups is 2. The molecule has 0 aromatic heterocycles. The number of esters is 2. The Hall–Kier alpha value is -2.92. The predicted molar refractivity (Wildman–Crippen MR) is 316 cm³/mol. The highest BCUT2D eigenvalue weighted by Gasteiger charge is 2.17. The van der Waals surface area contributed by atoms with Crippen molar-refractivity contribution in [2.45, 2.75) is 309 Å². The number of ether oxygens (including phenoxy) is 3. The van der Waals surface area contributed by atoms with Crippen LogP contribution in [0.4, 0.5) is 0 Å². The number of rotatable bonds is 57. The van der Waals surface area contributed by atoms with Gasteiger partial charge in [0.25, 0.3) is 0 Å². The first kappa shape index (κ1) is 69.1. The zero-order chi connectivity index (χ0) is 52.0. The molecular weight excluding hydrogens is 885 g/mol. The van der Waals surface area contributed by atoms with Gasteiger partial charge in [-0.15, -0.1) is 0 Å². The highest BCUT2D eigenvalue weighted by atomic mass is 16.6. The summed E-state index contributed by atoms with van der Waals surface area (Å²) in [7, 11) is 0. The number of allylic oxidation sites excluding steroid dienone is 14. The third kappa shape index (κ3) is 59.6. The van der Waals surface area contributed by atoms with Crippen LogP contribution >= 0.6 is 0 Å². The molecule has 0 bridgehead atoms. The maximum absolute atomic E-state index is 12.9.